The maximum atomic E-state index is 11.8. The lowest BCUT2D eigenvalue weighted by Gasteiger charge is -2.32. The third-order valence-corrected chi connectivity index (χ3v) is 5.04. The van der Waals surface area contributed by atoms with Crippen LogP contribution in [0.25, 0.3) is 0 Å². The standard InChI is InChI=1S/C18H26BNO4/c1-17(2)18(3,4)24-19(23-17)14-6-5-7-15(10-14)22-12-16(21)20-11-13-8-9-13/h5-7,10,13H,8-9,11-12H2,1-4H3,(H,20,21). The Hall–Kier alpha value is -1.53. The minimum atomic E-state index is -0.428. The topological polar surface area (TPSA) is 56.8 Å². The summed E-state index contributed by atoms with van der Waals surface area (Å²) in [6.45, 7) is 8.89. The van der Waals surface area contributed by atoms with Crippen LogP contribution >= 0.6 is 0 Å². The molecule has 1 N–H and O–H groups in total. The van der Waals surface area contributed by atoms with E-state index < -0.39 is 7.12 Å². The van der Waals surface area contributed by atoms with E-state index in [2.05, 4.69) is 5.32 Å². The number of hydrogen-bond acceptors (Lipinski definition) is 4. The van der Waals surface area contributed by atoms with Crippen LogP contribution in [0.3, 0.4) is 0 Å². The van der Waals surface area contributed by atoms with Gasteiger partial charge in [0.25, 0.3) is 5.91 Å². The molecular weight excluding hydrogens is 305 g/mol. The minimum absolute atomic E-state index is 0.0273. The van der Waals surface area contributed by atoms with Crippen LogP contribution in [0.2, 0.25) is 0 Å². The van der Waals surface area contributed by atoms with Crippen LogP contribution in [-0.2, 0) is 14.1 Å². The zero-order chi connectivity index (χ0) is 17.4. The first-order valence-corrected chi connectivity index (χ1v) is 8.62. The molecule has 130 valence electrons. The first-order valence-electron chi connectivity index (χ1n) is 8.62. The molecule has 1 aromatic rings. The molecular formula is C18H26BNO4. The minimum Gasteiger partial charge on any atom is -0.484 e. The second-order valence-electron chi connectivity index (χ2n) is 7.70. The summed E-state index contributed by atoms with van der Waals surface area (Å²) in [5.74, 6) is 1.23. The third kappa shape index (κ3) is 3.93. The van der Waals surface area contributed by atoms with Crippen molar-refractivity contribution >= 4 is 18.5 Å². The Kier molecular flexibility index (Phi) is 4.62. The van der Waals surface area contributed by atoms with Crippen molar-refractivity contribution in [2.24, 2.45) is 5.92 Å². The predicted octanol–water partition coefficient (Wildman–Crippen LogP) is 1.89. The fraction of sp³-hybridized carbons (Fsp3) is 0.611. The quantitative estimate of drug-likeness (QED) is 0.809. The molecule has 0 atom stereocenters. The molecule has 0 spiro atoms. The fourth-order valence-electron chi connectivity index (χ4n) is 2.51. The number of carbonyl (C=O) groups excluding carboxylic acids is 1. The number of amides is 1. The van der Waals surface area contributed by atoms with Crippen LogP contribution in [0.15, 0.2) is 24.3 Å². The molecule has 3 rings (SSSR count). The highest BCUT2D eigenvalue weighted by atomic mass is 16.7. The summed E-state index contributed by atoms with van der Waals surface area (Å²) < 4.78 is 17.7. The van der Waals surface area contributed by atoms with Gasteiger partial charge in [-0.2, -0.15) is 0 Å². The lowest BCUT2D eigenvalue weighted by molar-refractivity contribution is -0.123. The molecule has 0 aromatic heterocycles. The van der Waals surface area contributed by atoms with E-state index in [1.807, 2.05) is 52.0 Å². The third-order valence-electron chi connectivity index (χ3n) is 5.04. The Balaban J connectivity index is 1.57. The molecule has 1 aliphatic heterocycles. The summed E-state index contributed by atoms with van der Waals surface area (Å²) in [7, 11) is -0.428. The van der Waals surface area contributed by atoms with E-state index in [1.54, 1.807) is 0 Å². The van der Waals surface area contributed by atoms with Gasteiger partial charge in [-0.05, 0) is 64.1 Å². The monoisotopic (exact) mass is 331 g/mol. The molecule has 5 nitrogen and oxygen atoms in total. The second-order valence-corrected chi connectivity index (χ2v) is 7.70. The zero-order valence-corrected chi connectivity index (χ0v) is 14.9. The number of rotatable bonds is 6. The molecule has 0 bridgehead atoms. The summed E-state index contributed by atoms with van der Waals surface area (Å²) >= 11 is 0. The molecule has 1 saturated carbocycles. The molecule has 1 heterocycles. The molecule has 0 radical (unpaired) electrons. The number of benzene rings is 1. The SMILES string of the molecule is CC1(C)OB(c2cccc(OCC(=O)NCC3CC3)c2)OC1(C)C. The second kappa shape index (κ2) is 6.41. The van der Waals surface area contributed by atoms with Crippen molar-refractivity contribution in [3.63, 3.8) is 0 Å². The smallest absolute Gasteiger partial charge is 0.484 e. The van der Waals surface area contributed by atoms with Crippen molar-refractivity contribution in [3.8, 4) is 5.75 Å². The number of hydrogen-bond donors (Lipinski definition) is 1. The van der Waals surface area contributed by atoms with Crippen molar-refractivity contribution in [1.82, 2.24) is 5.32 Å². The first-order chi connectivity index (χ1) is 11.3. The number of carbonyl (C=O) groups is 1. The van der Waals surface area contributed by atoms with Crippen molar-refractivity contribution < 1.29 is 18.8 Å². The Morgan fingerprint density at radius 3 is 2.54 bits per heavy atom. The van der Waals surface area contributed by atoms with Gasteiger partial charge in [0, 0.05) is 6.54 Å². The zero-order valence-electron chi connectivity index (χ0n) is 14.9. The van der Waals surface area contributed by atoms with Gasteiger partial charge >= 0.3 is 7.12 Å². The van der Waals surface area contributed by atoms with Crippen molar-refractivity contribution in [2.45, 2.75) is 51.7 Å². The van der Waals surface area contributed by atoms with E-state index in [1.165, 1.54) is 12.8 Å². The first kappa shape index (κ1) is 17.3. The lowest BCUT2D eigenvalue weighted by atomic mass is 9.79. The van der Waals surface area contributed by atoms with Crippen molar-refractivity contribution in [3.05, 3.63) is 24.3 Å². The maximum absolute atomic E-state index is 11.8. The van der Waals surface area contributed by atoms with Gasteiger partial charge in [0.05, 0.1) is 11.2 Å². The van der Waals surface area contributed by atoms with Crippen molar-refractivity contribution in [1.29, 1.82) is 0 Å². The predicted molar refractivity (Wildman–Crippen MR) is 93.4 cm³/mol. The molecule has 1 aromatic carbocycles. The van der Waals surface area contributed by atoms with Crippen LogP contribution in [-0.4, -0.2) is 37.4 Å². The summed E-state index contributed by atoms with van der Waals surface area (Å²) in [4.78, 5) is 11.8. The molecule has 2 fully saturated rings. The Bertz CT molecular complexity index is 597. The maximum Gasteiger partial charge on any atom is 0.494 e. The highest BCUT2D eigenvalue weighted by molar-refractivity contribution is 6.62. The molecule has 24 heavy (non-hydrogen) atoms. The van der Waals surface area contributed by atoms with Crippen LogP contribution in [0.5, 0.6) is 5.75 Å². The van der Waals surface area contributed by atoms with Crippen molar-refractivity contribution in [2.75, 3.05) is 13.2 Å². The molecule has 1 saturated heterocycles. The highest BCUT2D eigenvalue weighted by Crippen LogP contribution is 2.36. The van der Waals surface area contributed by atoms with E-state index in [4.69, 9.17) is 14.0 Å². The number of ether oxygens (including phenoxy) is 1. The van der Waals surface area contributed by atoms with Gasteiger partial charge in [-0.1, -0.05) is 12.1 Å². The van der Waals surface area contributed by atoms with Gasteiger partial charge in [-0.3, -0.25) is 4.79 Å². The van der Waals surface area contributed by atoms with Crippen LogP contribution in [0, 0.1) is 5.92 Å². The van der Waals surface area contributed by atoms with Crippen LogP contribution in [0.1, 0.15) is 40.5 Å². The molecule has 1 aliphatic carbocycles. The van der Waals surface area contributed by atoms with E-state index in [9.17, 15) is 4.79 Å². The van der Waals surface area contributed by atoms with E-state index in [-0.39, 0.29) is 23.7 Å². The Morgan fingerprint density at radius 2 is 1.92 bits per heavy atom. The molecule has 0 unspecified atom stereocenters. The largest absolute Gasteiger partial charge is 0.494 e. The fourth-order valence-corrected chi connectivity index (χ4v) is 2.51. The van der Waals surface area contributed by atoms with Gasteiger partial charge in [0.1, 0.15) is 5.75 Å². The van der Waals surface area contributed by atoms with E-state index in [0.717, 1.165) is 12.0 Å². The summed E-state index contributed by atoms with van der Waals surface area (Å²) in [5.41, 5.74) is 0.138. The van der Waals surface area contributed by atoms with E-state index >= 15 is 0 Å². The number of nitrogens with one attached hydrogen (secondary N) is 1. The normalized spacial score (nSPS) is 21.6. The van der Waals surface area contributed by atoms with Gasteiger partial charge in [0.15, 0.2) is 6.61 Å². The molecule has 6 heteroatoms. The highest BCUT2D eigenvalue weighted by Gasteiger charge is 2.51. The van der Waals surface area contributed by atoms with Crippen LogP contribution < -0.4 is 15.5 Å². The van der Waals surface area contributed by atoms with Gasteiger partial charge < -0.3 is 19.4 Å². The Labute approximate surface area is 144 Å². The van der Waals surface area contributed by atoms with Gasteiger partial charge in [0.2, 0.25) is 0 Å². The average Bonchev–Trinajstić information content (AvgIpc) is 3.30. The van der Waals surface area contributed by atoms with Gasteiger partial charge in [-0.25, -0.2) is 0 Å². The van der Waals surface area contributed by atoms with E-state index in [0.29, 0.717) is 11.7 Å². The Morgan fingerprint density at radius 1 is 1.25 bits per heavy atom. The molecule has 2 aliphatic rings. The van der Waals surface area contributed by atoms with Crippen LogP contribution in [0.4, 0.5) is 0 Å². The summed E-state index contributed by atoms with van der Waals surface area (Å²) in [6.07, 6.45) is 2.44. The lowest BCUT2D eigenvalue weighted by Crippen LogP contribution is -2.41. The van der Waals surface area contributed by atoms with Gasteiger partial charge in [-0.15, -0.1) is 0 Å². The molecule has 1 amide bonds. The average molecular weight is 331 g/mol. The summed E-state index contributed by atoms with van der Waals surface area (Å²) in [5, 5.41) is 2.89. The summed E-state index contributed by atoms with van der Waals surface area (Å²) in [6, 6.07) is 7.54.